The van der Waals surface area contributed by atoms with Crippen LogP contribution in [0.5, 0.6) is 5.75 Å². The molecule has 2 aromatic rings. The van der Waals surface area contributed by atoms with Crippen molar-refractivity contribution in [3.05, 3.63) is 60.2 Å². The highest BCUT2D eigenvalue weighted by Crippen LogP contribution is 2.27. The third-order valence-electron chi connectivity index (χ3n) is 5.16. The molecular weight excluding hydrogens is 475 g/mol. The Kier molecular flexibility index (Phi) is 9.57. The molecule has 1 atom stereocenters. The number of rotatable bonds is 7. The van der Waals surface area contributed by atoms with Gasteiger partial charge in [0.05, 0.1) is 7.11 Å². The van der Waals surface area contributed by atoms with Crippen LogP contribution < -0.4 is 15.0 Å². The number of guanidine groups is 1. The van der Waals surface area contributed by atoms with Crippen molar-refractivity contribution in [1.82, 2.24) is 10.2 Å². The van der Waals surface area contributed by atoms with Crippen molar-refractivity contribution in [2.45, 2.75) is 19.9 Å². The van der Waals surface area contributed by atoms with Crippen LogP contribution in [0.15, 0.2) is 59.6 Å². The van der Waals surface area contributed by atoms with Crippen LogP contribution in [0.25, 0.3) is 0 Å². The number of benzene rings is 2. The fourth-order valence-electron chi connectivity index (χ4n) is 3.64. The maximum absolute atomic E-state index is 5.36. The topological polar surface area (TPSA) is 40.1 Å². The summed E-state index contributed by atoms with van der Waals surface area (Å²) in [5.74, 6) is 2.46. The van der Waals surface area contributed by atoms with Crippen LogP contribution >= 0.6 is 24.0 Å². The molecule has 5 nitrogen and oxygen atoms in total. The standard InChI is InChI=1S/C23H32N4O.HI/c1-4-24-23(26(2)17-19-9-6-5-7-10-19)25-16-20-13-14-27(18-20)21-11-8-12-22(15-21)28-3;/h5-12,15,20H,4,13-14,16-18H2,1-3H3,(H,24,25);1H. The van der Waals surface area contributed by atoms with Gasteiger partial charge >= 0.3 is 0 Å². The van der Waals surface area contributed by atoms with Gasteiger partial charge in [-0.1, -0.05) is 36.4 Å². The summed E-state index contributed by atoms with van der Waals surface area (Å²) < 4.78 is 5.36. The van der Waals surface area contributed by atoms with Gasteiger partial charge in [0, 0.05) is 51.5 Å². The largest absolute Gasteiger partial charge is 0.497 e. The first kappa shape index (κ1) is 23.3. The minimum Gasteiger partial charge on any atom is -0.497 e. The zero-order valence-electron chi connectivity index (χ0n) is 17.7. The number of nitrogens with one attached hydrogen (secondary N) is 1. The molecule has 1 unspecified atom stereocenters. The van der Waals surface area contributed by atoms with Crippen LogP contribution in [0, 0.1) is 5.92 Å². The quantitative estimate of drug-likeness (QED) is 0.345. The lowest BCUT2D eigenvalue weighted by molar-refractivity contribution is 0.415. The molecular formula is C23H33IN4O. The number of nitrogens with zero attached hydrogens (tertiary/aromatic N) is 3. The molecule has 29 heavy (non-hydrogen) atoms. The molecule has 158 valence electrons. The van der Waals surface area contributed by atoms with E-state index >= 15 is 0 Å². The monoisotopic (exact) mass is 508 g/mol. The molecule has 1 heterocycles. The summed E-state index contributed by atoms with van der Waals surface area (Å²) in [4.78, 5) is 9.57. The number of anilines is 1. The predicted molar refractivity (Wildman–Crippen MR) is 133 cm³/mol. The van der Waals surface area contributed by atoms with Gasteiger partial charge in [0.25, 0.3) is 0 Å². The SMILES string of the molecule is CCNC(=NCC1CCN(c2cccc(OC)c2)C1)N(C)Cc1ccccc1.I. The smallest absolute Gasteiger partial charge is 0.193 e. The molecule has 2 aromatic carbocycles. The predicted octanol–water partition coefficient (Wildman–Crippen LogP) is 4.24. The lowest BCUT2D eigenvalue weighted by Crippen LogP contribution is -2.38. The number of aliphatic imine (C=N–C) groups is 1. The van der Waals surface area contributed by atoms with Crippen LogP contribution in [0.3, 0.4) is 0 Å². The van der Waals surface area contributed by atoms with Crippen molar-refractivity contribution in [3.63, 3.8) is 0 Å². The zero-order chi connectivity index (χ0) is 19.8. The highest BCUT2D eigenvalue weighted by Gasteiger charge is 2.23. The number of hydrogen-bond donors (Lipinski definition) is 1. The summed E-state index contributed by atoms with van der Waals surface area (Å²) >= 11 is 0. The Hall–Kier alpha value is -1.96. The summed E-state index contributed by atoms with van der Waals surface area (Å²) in [7, 11) is 3.82. The molecule has 1 aliphatic heterocycles. The fraction of sp³-hybridized carbons (Fsp3) is 0.435. The third-order valence-corrected chi connectivity index (χ3v) is 5.16. The van der Waals surface area contributed by atoms with E-state index in [1.165, 1.54) is 17.7 Å². The first-order valence-electron chi connectivity index (χ1n) is 10.1. The van der Waals surface area contributed by atoms with Crippen molar-refractivity contribution in [2.24, 2.45) is 10.9 Å². The van der Waals surface area contributed by atoms with Gasteiger partial charge in [-0.05, 0) is 37.0 Å². The van der Waals surface area contributed by atoms with E-state index in [1.54, 1.807) is 7.11 Å². The molecule has 6 heteroatoms. The molecule has 0 amide bonds. The molecule has 0 bridgehead atoms. The zero-order valence-corrected chi connectivity index (χ0v) is 20.0. The van der Waals surface area contributed by atoms with Crippen LogP contribution in [0.4, 0.5) is 5.69 Å². The van der Waals surface area contributed by atoms with E-state index in [0.29, 0.717) is 5.92 Å². The number of methoxy groups -OCH3 is 1. The maximum Gasteiger partial charge on any atom is 0.193 e. The van der Waals surface area contributed by atoms with Gasteiger partial charge in [0.15, 0.2) is 5.96 Å². The van der Waals surface area contributed by atoms with Crippen molar-refractivity contribution < 1.29 is 4.74 Å². The van der Waals surface area contributed by atoms with E-state index in [9.17, 15) is 0 Å². The minimum absolute atomic E-state index is 0. The number of ether oxygens (including phenoxy) is 1. The number of hydrogen-bond acceptors (Lipinski definition) is 3. The molecule has 0 aliphatic carbocycles. The minimum atomic E-state index is 0. The second kappa shape index (κ2) is 11.9. The normalized spacial score (nSPS) is 16.3. The first-order chi connectivity index (χ1) is 13.7. The highest BCUT2D eigenvalue weighted by atomic mass is 127. The Morgan fingerprint density at radius 3 is 2.72 bits per heavy atom. The van der Waals surface area contributed by atoms with Gasteiger partial charge in [0.1, 0.15) is 5.75 Å². The van der Waals surface area contributed by atoms with Crippen molar-refractivity contribution in [1.29, 1.82) is 0 Å². The van der Waals surface area contributed by atoms with Crippen LogP contribution in [0.2, 0.25) is 0 Å². The van der Waals surface area contributed by atoms with Crippen molar-refractivity contribution >= 4 is 35.6 Å². The Labute approximate surface area is 192 Å². The Bertz CT molecular complexity index is 768. The van der Waals surface area contributed by atoms with E-state index in [-0.39, 0.29) is 24.0 Å². The Morgan fingerprint density at radius 2 is 2.00 bits per heavy atom. The first-order valence-corrected chi connectivity index (χ1v) is 10.1. The van der Waals surface area contributed by atoms with Crippen LogP contribution in [-0.4, -0.2) is 51.2 Å². The van der Waals surface area contributed by atoms with Crippen molar-refractivity contribution in [2.75, 3.05) is 45.2 Å². The van der Waals surface area contributed by atoms with Gasteiger partial charge in [-0.3, -0.25) is 4.99 Å². The van der Waals surface area contributed by atoms with Gasteiger partial charge in [-0.2, -0.15) is 0 Å². The van der Waals surface area contributed by atoms with Gasteiger partial charge in [0.2, 0.25) is 0 Å². The molecule has 3 rings (SSSR count). The average Bonchev–Trinajstić information content (AvgIpc) is 3.21. The molecule has 0 spiro atoms. The van der Waals surface area contributed by atoms with E-state index in [2.05, 4.69) is 77.6 Å². The summed E-state index contributed by atoms with van der Waals surface area (Å²) in [6.07, 6.45) is 1.17. The number of halogens is 1. The maximum atomic E-state index is 5.36. The lowest BCUT2D eigenvalue weighted by Gasteiger charge is -2.23. The molecule has 1 fully saturated rings. The molecule has 0 radical (unpaired) electrons. The summed E-state index contributed by atoms with van der Waals surface area (Å²) in [6, 6.07) is 18.9. The fourth-order valence-corrected chi connectivity index (χ4v) is 3.64. The van der Waals surface area contributed by atoms with E-state index in [4.69, 9.17) is 9.73 Å². The van der Waals surface area contributed by atoms with Gasteiger partial charge in [-0.15, -0.1) is 24.0 Å². The van der Waals surface area contributed by atoms with Crippen molar-refractivity contribution in [3.8, 4) is 5.75 Å². The lowest BCUT2D eigenvalue weighted by atomic mass is 10.1. The molecule has 1 N–H and O–H groups in total. The van der Waals surface area contributed by atoms with E-state index in [1.807, 2.05) is 6.07 Å². The van der Waals surface area contributed by atoms with Gasteiger partial charge < -0.3 is 19.9 Å². The van der Waals surface area contributed by atoms with Crippen LogP contribution in [0.1, 0.15) is 18.9 Å². The van der Waals surface area contributed by atoms with Crippen LogP contribution in [-0.2, 0) is 6.54 Å². The molecule has 1 saturated heterocycles. The highest BCUT2D eigenvalue weighted by molar-refractivity contribution is 14.0. The molecule has 1 aliphatic rings. The van der Waals surface area contributed by atoms with E-state index < -0.39 is 0 Å². The second-order valence-electron chi connectivity index (χ2n) is 7.34. The van der Waals surface area contributed by atoms with Gasteiger partial charge in [-0.25, -0.2) is 0 Å². The molecule has 0 aromatic heterocycles. The van der Waals surface area contributed by atoms with E-state index in [0.717, 1.165) is 44.4 Å². The molecule has 0 saturated carbocycles. The second-order valence-corrected chi connectivity index (χ2v) is 7.34. The Morgan fingerprint density at radius 1 is 1.21 bits per heavy atom. The summed E-state index contributed by atoms with van der Waals surface area (Å²) in [5.41, 5.74) is 2.53. The Balaban J connectivity index is 0.00000300. The third kappa shape index (κ3) is 6.80. The average molecular weight is 508 g/mol. The summed E-state index contributed by atoms with van der Waals surface area (Å²) in [5, 5.41) is 3.43. The summed E-state index contributed by atoms with van der Waals surface area (Å²) in [6.45, 7) is 6.81.